The van der Waals surface area contributed by atoms with Gasteiger partial charge in [-0.25, -0.2) is 4.98 Å². The van der Waals surface area contributed by atoms with Gasteiger partial charge in [-0.15, -0.1) is 0 Å². The Morgan fingerprint density at radius 3 is 2.52 bits per heavy atom. The van der Waals surface area contributed by atoms with E-state index in [-0.39, 0.29) is 5.91 Å². The van der Waals surface area contributed by atoms with Gasteiger partial charge >= 0.3 is 0 Å². The molecule has 3 aromatic rings. The maximum Gasteiger partial charge on any atom is 0.259 e. The Balaban J connectivity index is 1.74. The normalized spacial score (nSPS) is 10.5. The summed E-state index contributed by atoms with van der Waals surface area (Å²) >= 11 is 7.42. The maximum absolute atomic E-state index is 12.7. The van der Waals surface area contributed by atoms with Gasteiger partial charge in [0.05, 0.1) is 17.4 Å². The van der Waals surface area contributed by atoms with Crippen LogP contribution in [-0.2, 0) is 0 Å². The van der Waals surface area contributed by atoms with Gasteiger partial charge < -0.3 is 4.90 Å². The van der Waals surface area contributed by atoms with Crippen molar-refractivity contribution in [1.29, 1.82) is 0 Å². The molecule has 0 saturated heterocycles. The van der Waals surface area contributed by atoms with Crippen LogP contribution in [0, 0.1) is 0 Å². The van der Waals surface area contributed by atoms with Gasteiger partial charge in [0.1, 0.15) is 5.03 Å². The number of halogens is 1. The molecular formula is C19H16ClN3OS. The van der Waals surface area contributed by atoms with Gasteiger partial charge in [0.2, 0.25) is 0 Å². The molecule has 0 aliphatic rings. The molecule has 126 valence electrons. The summed E-state index contributed by atoms with van der Waals surface area (Å²) in [4.78, 5) is 23.9. The molecule has 0 aliphatic carbocycles. The van der Waals surface area contributed by atoms with E-state index in [0.29, 0.717) is 17.1 Å². The Bertz CT molecular complexity index is 839. The molecule has 1 aromatic carbocycles. The zero-order valence-electron chi connectivity index (χ0n) is 13.6. The fraction of sp³-hybridized carbons (Fsp3) is 0.105. The third-order valence-corrected chi connectivity index (χ3v) is 4.75. The van der Waals surface area contributed by atoms with Gasteiger partial charge in [0, 0.05) is 28.9 Å². The number of aromatic nitrogens is 2. The van der Waals surface area contributed by atoms with Gasteiger partial charge in [-0.05, 0) is 55.5 Å². The van der Waals surface area contributed by atoms with Crippen LogP contribution >= 0.6 is 23.4 Å². The highest BCUT2D eigenvalue weighted by molar-refractivity contribution is 7.99. The summed E-state index contributed by atoms with van der Waals surface area (Å²) in [5, 5.41) is 1.52. The molecule has 6 heteroatoms. The number of amides is 1. The van der Waals surface area contributed by atoms with Gasteiger partial charge in [-0.1, -0.05) is 23.4 Å². The van der Waals surface area contributed by atoms with Crippen molar-refractivity contribution in [3.63, 3.8) is 0 Å². The summed E-state index contributed by atoms with van der Waals surface area (Å²) in [6.07, 6.45) is 4.98. The first-order valence-electron chi connectivity index (χ1n) is 7.78. The third kappa shape index (κ3) is 4.38. The van der Waals surface area contributed by atoms with Crippen LogP contribution in [0.25, 0.3) is 0 Å². The predicted octanol–water partition coefficient (Wildman–Crippen LogP) is 4.95. The molecule has 0 spiro atoms. The molecule has 0 radical (unpaired) electrons. The minimum Gasteiger partial charge on any atom is -0.307 e. The third-order valence-electron chi connectivity index (χ3n) is 3.54. The molecule has 0 saturated carbocycles. The number of nitrogens with zero attached hydrogens (tertiary/aromatic N) is 3. The number of carbonyl (C=O) groups excluding carboxylic acids is 1. The molecule has 0 aliphatic heterocycles. The minimum atomic E-state index is -0.0916. The van der Waals surface area contributed by atoms with Gasteiger partial charge in [0.25, 0.3) is 5.91 Å². The minimum absolute atomic E-state index is 0.0916. The molecule has 0 fully saturated rings. The number of pyridine rings is 2. The van der Waals surface area contributed by atoms with Crippen molar-refractivity contribution in [1.82, 2.24) is 9.97 Å². The number of rotatable bonds is 5. The fourth-order valence-corrected chi connectivity index (χ4v) is 3.18. The number of benzene rings is 1. The fourth-order valence-electron chi connectivity index (χ4n) is 2.30. The molecule has 0 unspecified atom stereocenters. The van der Waals surface area contributed by atoms with Gasteiger partial charge in [-0.2, -0.15) is 0 Å². The Hall–Kier alpha value is -2.37. The largest absolute Gasteiger partial charge is 0.307 e. The van der Waals surface area contributed by atoms with E-state index in [1.807, 2.05) is 49.4 Å². The Kier molecular flexibility index (Phi) is 5.68. The maximum atomic E-state index is 12.7. The summed E-state index contributed by atoms with van der Waals surface area (Å²) in [6.45, 7) is 2.49. The molecule has 0 N–H and O–H groups in total. The van der Waals surface area contributed by atoms with Crippen molar-refractivity contribution >= 4 is 35.0 Å². The van der Waals surface area contributed by atoms with Crippen molar-refractivity contribution in [2.75, 3.05) is 11.4 Å². The Morgan fingerprint density at radius 1 is 1.12 bits per heavy atom. The highest BCUT2D eigenvalue weighted by atomic mass is 35.5. The van der Waals surface area contributed by atoms with Crippen LogP contribution in [0.3, 0.4) is 0 Å². The lowest BCUT2D eigenvalue weighted by atomic mass is 10.2. The predicted molar refractivity (Wildman–Crippen MR) is 101 cm³/mol. The summed E-state index contributed by atoms with van der Waals surface area (Å²) in [5.41, 5.74) is 1.32. The second kappa shape index (κ2) is 8.14. The Morgan fingerprint density at radius 2 is 1.92 bits per heavy atom. The van der Waals surface area contributed by atoms with E-state index >= 15 is 0 Å². The van der Waals surface area contributed by atoms with Gasteiger partial charge in [0.15, 0.2) is 0 Å². The summed E-state index contributed by atoms with van der Waals surface area (Å²) in [7, 11) is 0. The first-order valence-corrected chi connectivity index (χ1v) is 8.98. The summed E-state index contributed by atoms with van der Waals surface area (Å²) in [5.74, 6) is -0.0916. The smallest absolute Gasteiger partial charge is 0.259 e. The van der Waals surface area contributed by atoms with Crippen LogP contribution in [0.2, 0.25) is 5.02 Å². The quantitative estimate of drug-likeness (QED) is 0.638. The zero-order chi connectivity index (χ0) is 17.6. The molecule has 0 atom stereocenters. The molecule has 2 aromatic heterocycles. The molecule has 25 heavy (non-hydrogen) atoms. The lowest BCUT2D eigenvalue weighted by molar-refractivity contribution is 0.0988. The van der Waals surface area contributed by atoms with Crippen LogP contribution in [0.15, 0.2) is 77.0 Å². The number of carbonyl (C=O) groups is 1. The van der Waals surface area contributed by atoms with E-state index in [9.17, 15) is 4.79 Å². The highest BCUT2D eigenvalue weighted by Gasteiger charge is 2.16. The first-order chi connectivity index (χ1) is 12.2. The van der Waals surface area contributed by atoms with Crippen LogP contribution < -0.4 is 4.90 Å². The van der Waals surface area contributed by atoms with Gasteiger partial charge in [-0.3, -0.25) is 9.78 Å². The second-order valence-electron chi connectivity index (χ2n) is 5.20. The molecule has 0 bridgehead atoms. The highest BCUT2D eigenvalue weighted by Crippen LogP contribution is 2.27. The van der Waals surface area contributed by atoms with Crippen LogP contribution in [0.1, 0.15) is 17.3 Å². The molecular weight excluding hydrogens is 354 g/mol. The van der Waals surface area contributed by atoms with Crippen molar-refractivity contribution in [3.8, 4) is 0 Å². The lowest BCUT2D eigenvalue weighted by Crippen LogP contribution is -2.30. The lowest BCUT2D eigenvalue weighted by Gasteiger charge is -2.20. The second-order valence-corrected chi connectivity index (χ2v) is 6.73. The average Bonchev–Trinajstić information content (AvgIpc) is 2.66. The monoisotopic (exact) mass is 369 g/mol. The van der Waals surface area contributed by atoms with E-state index in [1.54, 1.807) is 29.6 Å². The molecule has 2 heterocycles. The molecule has 3 rings (SSSR count). The van der Waals surface area contributed by atoms with E-state index in [0.717, 1.165) is 15.6 Å². The van der Waals surface area contributed by atoms with E-state index in [4.69, 9.17) is 11.6 Å². The van der Waals surface area contributed by atoms with Crippen molar-refractivity contribution in [2.24, 2.45) is 0 Å². The van der Waals surface area contributed by atoms with E-state index in [2.05, 4.69) is 9.97 Å². The average molecular weight is 370 g/mol. The zero-order valence-corrected chi connectivity index (χ0v) is 15.2. The van der Waals surface area contributed by atoms with Crippen LogP contribution in [0.5, 0.6) is 0 Å². The number of anilines is 1. The summed E-state index contributed by atoms with van der Waals surface area (Å²) < 4.78 is 0. The SMILES string of the molecule is CCN(C(=O)c1ccc(Sc2ccc(Cl)cc2)nc1)c1cccnc1. The number of hydrogen-bond acceptors (Lipinski definition) is 4. The van der Waals surface area contributed by atoms with Crippen LogP contribution in [-0.4, -0.2) is 22.4 Å². The first kappa shape index (κ1) is 17.5. The van der Waals surface area contributed by atoms with E-state index in [1.165, 1.54) is 11.8 Å². The van der Waals surface area contributed by atoms with E-state index < -0.39 is 0 Å². The van der Waals surface area contributed by atoms with Crippen molar-refractivity contribution in [3.05, 3.63) is 77.7 Å². The van der Waals surface area contributed by atoms with Crippen molar-refractivity contribution in [2.45, 2.75) is 16.8 Å². The standard InChI is InChI=1S/C19H16ClN3OS/c1-2-23(16-4-3-11-21-13-16)19(24)14-5-10-18(22-12-14)25-17-8-6-15(20)7-9-17/h3-13H,2H2,1H3. The Labute approximate surface area is 155 Å². The summed E-state index contributed by atoms with van der Waals surface area (Å²) in [6, 6.07) is 14.9. The molecule has 1 amide bonds. The van der Waals surface area contributed by atoms with Crippen LogP contribution in [0.4, 0.5) is 5.69 Å². The topological polar surface area (TPSA) is 46.1 Å². The molecule has 4 nitrogen and oxygen atoms in total. The van der Waals surface area contributed by atoms with Crippen molar-refractivity contribution < 1.29 is 4.79 Å². The number of hydrogen-bond donors (Lipinski definition) is 0.